The number of nitrogens with zero attached hydrogens (tertiary/aromatic N) is 3. The Morgan fingerprint density at radius 3 is 2.76 bits per heavy atom. The summed E-state index contributed by atoms with van der Waals surface area (Å²) in [6.07, 6.45) is -3.11. The van der Waals surface area contributed by atoms with Crippen LogP contribution >= 0.6 is 0 Å². The smallest absolute Gasteiger partial charge is 0.367 e. The minimum atomic E-state index is -4.40. The Balaban J connectivity index is 1.92. The summed E-state index contributed by atoms with van der Waals surface area (Å²) in [6.45, 7) is -0.115. The van der Waals surface area contributed by atoms with E-state index in [1.54, 1.807) is 0 Å². The first-order valence-corrected chi connectivity index (χ1v) is 5.92. The molecule has 1 aromatic heterocycles. The molecule has 0 radical (unpaired) electrons. The van der Waals surface area contributed by atoms with E-state index in [1.165, 1.54) is 23.1 Å². The van der Waals surface area contributed by atoms with E-state index >= 15 is 0 Å². The van der Waals surface area contributed by atoms with Crippen LogP contribution in [0.2, 0.25) is 0 Å². The number of benzene rings is 1. The highest BCUT2D eigenvalue weighted by atomic mass is 19.4. The van der Waals surface area contributed by atoms with Gasteiger partial charge in [0, 0.05) is 6.54 Å². The van der Waals surface area contributed by atoms with Crippen LogP contribution in [0, 0.1) is 0 Å². The number of halogens is 3. The number of nitrogens with one attached hydrogen (secondary N) is 1. The van der Waals surface area contributed by atoms with Crippen molar-refractivity contribution in [3.05, 3.63) is 41.7 Å². The van der Waals surface area contributed by atoms with Gasteiger partial charge in [-0.15, -0.1) is 5.10 Å². The van der Waals surface area contributed by atoms with Gasteiger partial charge in [-0.25, -0.2) is 9.67 Å². The normalized spacial score (nSPS) is 11.4. The summed E-state index contributed by atoms with van der Waals surface area (Å²) in [5.74, 6) is -0.363. The molecule has 1 heterocycles. The summed E-state index contributed by atoms with van der Waals surface area (Å²) < 4.78 is 38.8. The molecule has 2 rings (SSSR count). The Morgan fingerprint density at radius 1 is 1.38 bits per heavy atom. The third kappa shape index (κ3) is 4.20. The van der Waals surface area contributed by atoms with E-state index in [0.29, 0.717) is 5.56 Å². The quantitative estimate of drug-likeness (QED) is 0.888. The summed E-state index contributed by atoms with van der Waals surface area (Å²) in [7, 11) is 0. The molecule has 3 N–H and O–H groups in total. The first kappa shape index (κ1) is 14.8. The third-order valence-electron chi connectivity index (χ3n) is 2.60. The molecular weight excluding hydrogens is 287 g/mol. The highest BCUT2D eigenvalue weighted by Gasteiger charge is 2.30. The van der Waals surface area contributed by atoms with Crippen LogP contribution in [0.3, 0.4) is 0 Å². The van der Waals surface area contributed by atoms with Gasteiger partial charge in [0.2, 0.25) is 11.9 Å². The number of aromatic nitrogens is 3. The maximum absolute atomic E-state index is 12.5. The highest BCUT2D eigenvalue weighted by Crippen LogP contribution is 2.29. The lowest BCUT2D eigenvalue weighted by atomic mass is 10.1. The molecule has 6 nitrogen and oxygen atoms in total. The number of rotatable bonds is 4. The van der Waals surface area contributed by atoms with Gasteiger partial charge in [0.15, 0.2) is 0 Å². The number of nitrogen functional groups attached to an aromatic ring is 1. The monoisotopic (exact) mass is 299 g/mol. The van der Waals surface area contributed by atoms with Gasteiger partial charge in [-0.2, -0.15) is 13.2 Å². The molecule has 21 heavy (non-hydrogen) atoms. The molecule has 0 fully saturated rings. The summed E-state index contributed by atoms with van der Waals surface area (Å²) >= 11 is 0. The molecule has 0 aliphatic heterocycles. The van der Waals surface area contributed by atoms with Crippen LogP contribution < -0.4 is 11.1 Å². The van der Waals surface area contributed by atoms with Gasteiger partial charge < -0.3 is 11.1 Å². The van der Waals surface area contributed by atoms with E-state index in [0.717, 1.165) is 12.1 Å². The Morgan fingerprint density at radius 2 is 2.14 bits per heavy atom. The standard InChI is InChI=1S/C12H12F3N5O/c13-12(14,15)9-3-1-2-8(4-9)5-17-10(21)6-20-7-18-11(16)19-20/h1-4,7H,5-6H2,(H2,16,19)(H,17,21). The summed E-state index contributed by atoms with van der Waals surface area (Å²) in [5, 5.41) is 6.23. The fourth-order valence-corrected chi connectivity index (χ4v) is 1.65. The summed E-state index contributed by atoms with van der Waals surface area (Å²) in [6, 6.07) is 4.77. The number of carbonyl (C=O) groups is 1. The number of hydrogen-bond acceptors (Lipinski definition) is 4. The number of anilines is 1. The SMILES string of the molecule is Nc1ncn(CC(=O)NCc2cccc(C(F)(F)F)c2)n1. The predicted octanol–water partition coefficient (Wildman–Crippen LogP) is 1.20. The Kier molecular flexibility index (Phi) is 4.10. The fraction of sp³-hybridized carbons (Fsp3) is 0.250. The molecule has 0 saturated heterocycles. The van der Waals surface area contributed by atoms with Crippen LogP contribution in [0.25, 0.3) is 0 Å². The zero-order valence-corrected chi connectivity index (χ0v) is 10.8. The zero-order valence-electron chi connectivity index (χ0n) is 10.8. The molecule has 0 aliphatic carbocycles. The van der Waals surface area contributed by atoms with E-state index in [-0.39, 0.29) is 19.0 Å². The molecule has 0 unspecified atom stereocenters. The Labute approximate surface area is 117 Å². The van der Waals surface area contributed by atoms with Gasteiger partial charge >= 0.3 is 6.18 Å². The van der Waals surface area contributed by atoms with E-state index in [4.69, 9.17) is 5.73 Å². The molecule has 0 atom stereocenters. The van der Waals surface area contributed by atoms with Crippen LogP contribution in [-0.4, -0.2) is 20.7 Å². The molecule has 1 amide bonds. The molecule has 112 valence electrons. The minimum Gasteiger partial charge on any atom is -0.367 e. The molecule has 0 aliphatic rings. The maximum Gasteiger partial charge on any atom is 0.416 e. The zero-order chi connectivity index (χ0) is 15.5. The second-order valence-electron chi connectivity index (χ2n) is 4.28. The third-order valence-corrected chi connectivity index (χ3v) is 2.60. The number of alkyl halides is 3. The number of hydrogen-bond donors (Lipinski definition) is 2. The second kappa shape index (κ2) is 5.81. The van der Waals surface area contributed by atoms with Crippen molar-refractivity contribution < 1.29 is 18.0 Å². The Hall–Kier alpha value is -2.58. The van der Waals surface area contributed by atoms with Crippen molar-refractivity contribution in [3.8, 4) is 0 Å². The van der Waals surface area contributed by atoms with Crippen LogP contribution in [0.4, 0.5) is 19.1 Å². The summed E-state index contributed by atoms with van der Waals surface area (Å²) in [4.78, 5) is 15.3. The number of carbonyl (C=O) groups excluding carboxylic acids is 1. The maximum atomic E-state index is 12.5. The van der Waals surface area contributed by atoms with Gasteiger partial charge in [-0.3, -0.25) is 4.79 Å². The van der Waals surface area contributed by atoms with E-state index in [2.05, 4.69) is 15.4 Å². The van der Waals surface area contributed by atoms with Crippen molar-refractivity contribution >= 4 is 11.9 Å². The first-order valence-electron chi connectivity index (χ1n) is 5.92. The molecule has 0 saturated carbocycles. The van der Waals surface area contributed by atoms with E-state index < -0.39 is 17.6 Å². The van der Waals surface area contributed by atoms with Crippen LogP contribution in [-0.2, 0) is 24.1 Å². The van der Waals surface area contributed by atoms with Crippen LogP contribution in [0.15, 0.2) is 30.6 Å². The molecule has 1 aromatic carbocycles. The predicted molar refractivity (Wildman–Crippen MR) is 67.7 cm³/mol. The highest BCUT2D eigenvalue weighted by molar-refractivity contribution is 5.75. The first-order chi connectivity index (χ1) is 9.84. The summed E-state index contributed by atoms with van der Waals surface area (Å²) in [5.41, 5.74) is 4.90. The van der Waals surface area contributed by atoms with E-state index in [9.17, 15) is 18.0 Å². The fourth-order valence-electron chi connectivity index (χ4n) is 1.65. The van der Waals surface area contributed by atoms with Gasteiger partial charge in [-0.1, -0.05) is 12.1 Å². The molecule has 0 bridgehead atoms. The average Bonchev–Trinajstić information content (AvgIpc) is 2.81. The lowest BCUT2D eigenvalue weighted by Crippen LogP contribution is -2.27. The molecular formula is C12H12F3N5O. The largest absolute Gasteiger partial charge is 0.416 e. The van der Waals surface area contributed by atoms with Crippen molar-refractivity contribution in [2.45, 2.75) is 19.3 Å². The average molecular weight is 299 g/mol. The van der Waals surface area contributed by atoms with Crippen molar-refractivity contribution in [1.29, 1.82) is 0 Å². The van der Waals surface area contributed by atoms with Gasteiger partial charge in [0.25, 0.3) is 0 Å². The number of amides is 1. The van der Waals surface area contributed by atoms with Gasteiger partial charge in [0.1, 0.15) is 12.9 Å². The van der Waals surface area contributed by atoms with Crippen molar-refractivity contribution in [3.63, 3.8) is 0 Å². The lowest BCUT2D eigenvalue weighted by Gasteiger charge is -2.09. The second-order valence-corrected chi connectivity index (χ2v) is 4.28. The number of nitrogens with two attached hydrogens (primary N) is 1. The molecule has 0 spiro atoms. The van der Waals surface area contributed by atoms with E-state index in [1.807, 2.05) is 0 Å². The Bertz CT molecular complexity index is 638. The van der Waals surface area contributed by atoms with Crippen LogP contribution in [0.1, 0.15) is 11.1 Å². The van der Waals surface area contributed by atoms with Crippen molar-refractivity contribution in [1.82, 2.24) is 20.1 Å². The topological polar surface area (TPSA) is 85.8 Å². The minimum absolute atomic E-state index is 0.00701. The van der Waals surface area contributed by atoms with Gasteiger partial charge in [-0.05, 0) is 17.7 Å². The van der Waals surface area contributed by atoms with Crippen LogP contribution in [0.5, 0.6) is 0 Å². The van der Waals surface area contributed by atoms with Crippen molar-refractivity contribution in [2.24, 2.45) is 0 Å². The van der Waals surface area contributed by atoms with Gasteiger partial charge in [0.05, 0.1) is 5.56 Å². The lowest BCUT2D eigenvalue weighted by molar-refractivity contribution is -0.137. The van der Waals surface area contributed by atoms with Crippen molar-refractivity contribution in [2.75, 3.05) is 5.73 Å². The molecule has 9 heteroatoms. The molecule has 2 aromatic rings.